The summed E-state index contributed by atoms with van der Waals surface area (Å²) in [5, 5.41) is 0. The first-order chi connectivity index (χ1) is 25.0. The summed E-state index contributed by atoms with van der Waals surface area (Å²) in [7, 11) is 1.25. The maximum atomic E-state index is 12.6. The molecule has 0 saturated heterocycles. The lowest BCUT2D eigenvalue weighted by molar-refractivity contribution is -0.870. The van der Waals surface area contributed by atoms with E-state index in [0.717, 1.165) is 44.9 Å². The fraction of sp³-hybridized carbons (Fsp3) is 0.810. The van der Waals surface area contributed by atoms with Gasteiger partial charge in [0, 0.05) is 12.8 Å². The number of allylic oxidation sites excluding steroid dienone is 5. The van der Waals surface area contributed by atoms with Crippen molar-refractivity contribution in [1.82, 2.24) is 0 Å². The Hall–Kier alpha value is -1.77. The summed E-state index contributed by atoms with van der Waals surface area (Å²) >= 11 is 0. The third kappa shape index (κ3) is 38.0. The van der Waals surface area contributed by atoms with Crippen molar-refractivity contribution in [1.29, 1.82) is 0 Å². The van der Waals surface area contributed by atoms with Crippen molar-refractivity contribution in [3.8, 4) is 0 Å². The van der Waals surface area contributed by atoms with Crippen molar-refractivity contribution in [3.63, 3.8) is 0 Å². The van der Waals surface area contributed by atoms with E-state index in [-0.39, 0.29) is 32.0 Å². The standard InChI is InChI=1S/C42H78NO8P/c1-6-8-10-12-14-15-16-17-18-19-20-22-27-31-36-48-38-41(39-50-52(46,47)49-37-35-43(3,4)5)51-42(45)34-30-26-23-25-29-33-40(44)32-28-24-21-13-11-9-7-2/h21,24,28,31-32,36,41H,6-20,22-23,25-27,29-30,33-35,37-39H2,1-5H3/b24-21-,32-28+,36-31+/t41-/m1/s1. The molecule has 0 bridgehead atoms. The Morgan fingerprint density at radius 2 is 1.17 bits per heavy atom. The molecule has 2 atom stereocenters. The Kier molecular flexibility index (Phi) is 33.8. The molecule has 0 radical (unpaired) electrons. The first kappa shape index (κ1) is 50.2. The highest BCUT2D eigenvalue weighted by Gasteiger charge is 2.20. The van der Waals surface area contributed by atoms with E-state index in [9.17, 15) is 19.0 Å². The SMILES string of the molecule is CCCCC/C=C\C=C\C(=O)CCCCCCCC(=O)O[C@H](CO/C=C/CCCCCCCCCCCCCC)COP(=O)([O-])OCC[N+](C)(C)C. The van der Waals surface area contributed by atoms with Gasteiger partial charge in [0.05, 0.1) is 34.0 Å². The summed E-state index contributed by atoms with van der Waals surface area (Å²) in [6, 6.07) is 0. The van der Waals surface area contributed by atoms with E-state index in [1.807, 2.05) is 39.4 Å². The normalized spacial score (nSPS) is 14.0. The zero-order valence-corrected chi connectivity index (χ0v) is 34.9. The van der Waals surface area contributed by atoms with Crippen LogP contribution in [0.4, 0.5) is 0 Å². The van der Waals surface area contributed by atoms with Gasteiger partial charge in [-0.15, -0.1) is 0 Å². The zero-order chi connectivity index (χ0) is 38.6. The number of hydrogen-bond donors (Lipinski definition) is 0. The van der Waals surface area contributed by atoms with Gasteiger partial charge in [0.25, 0.3) is 7.82 Å². The molecule has 0 spiro atoms. The molecule has 304 valence electrons. The molecule has 52 heavy (non-hydrogen) atoms. The topological polar surface area (TPSA) is 111 Å². The van der Waals surface area contributed by atoms with E-state index in [4.69, 9.17) is 18.5 Å². The Morgan fingerprint density at radius 1 is 0.654 bits per heavy atom. The molecule has 1 unspecified atom stereocenters. The number of phosphoric acid groups is 1. The van der Waals surface area contributed by atoms with E-state index >= 15 is 0 Å². The first-order valence-corrected chi connectivity index (χ1v) is 22.2. The van der Waals surface area contributed by atoms with Gasteiger partial charge >= 0.3 is 5.97 Å². The highest BCUT2D eigenvalue weighted by Crippen LogP contribution is 2.38. The first-order valence-electron chi connectivity index (χ1n) is 20.7. The van der Waals surface area contributed by atoms with Crippen LogP contribution >= 0.6 is 7.82 Å². The van der Waals surface area contributed by atoms with E-state index < -0.39 is 19.9 Å². The van der Waals surface area contributed by atoms with Crippen LogP contribution in [0.3, 0.4) is 0 Å². The molecule has 0 aliphatic carbocycles. The number of nitrogens with zero attached hydrogens (tertiary/aromatic N) is 1. The Labute approximate surface area is 319 Å². The van der Waals surface area contributed by atoms with Crippen LogP contribution in [0.1, 0.15) is 168 Å². The Balaban J connectivity index is 4.42. The molecule has 0 amide bonds. The van der Waals surface area contributed by atoms with Gasteiger partial charge in [-0.05, 0) is 50.7 Å². The van der Waals surface area contributed by atoms with Crippen molar-refractivity contribution in [2.24, 2.45) is 0 Å². The lowest BCUT2D eigenvalue weighted by atomic mass is 10.0. The van der Waals surface area contributed by atoms with Gasteiger partial charge in [-0.25, -0.2) is 0 Å². The lowest BCUT2D eigenvalue weighted by Gasteiger charge is -2.28. The zero-order valence-electron chi connectivity index (χ0n) is 34.0. The number of ether oxygens (including phenoxy) is 2. The van der Waals surface area contributed by atoms with Crippen molar-refractivity contribution in [2.45, 2.75) is 174 Å². The van der Waals surface area contributed by atoms with Crippen LogP contribution in [0.15, 0.2) is 36.6 Å². The molecule has 0 rings (SSSR count). The average Bonchev–Trinajstić information content (AvgIpc) is 3.08. The quantitative estimate of drug-likeness (QED) is 0.0116. The van der Waals surface area contributed by atoms with Gasteiger partial charge in [0.1, 0.15) is 19.8 Å². The second-order valence-corrected chi connectivity index (χ2v) is 16.5. The molecule has 0 N–H and O–H groups in total. The van der Waals surface area contributed by atoms with Crippen LogP contribution in [0.2, 0.25) is 0 Å². The largest absolute Gasteiger partial charge is 0.756 e. The van der Waals surface area contributed by atoms with Gasteiger partial charge in [-0.1, -0.05) is 135 Å². The van der Waals surface area contributed by atoms with Crippen LogP contribution < -0.4 is 4.89 Å². The van der Waals surface area contributed by atoms with Crippen molar-refractivity contribution >= 4 is 19.6 Å². The number of unbranched alkanes of at least 4 members (excludes halogenated alkanes) is 19. The highest BCUT2D eigenvalue weighted by atomic mass is 31.2. The maximum Gasteiger partial charge on any atom is 0.306 e. The number of esters is 1. The van der Waals surface area contributed by atoms with Crippen molar-refractivity contribution in [2.75, 3.05) is 47.5 Å². The Morgan fingerprint density at radius 3 is 1.79 bits per heavy atom. The molecule has 10 heteroatoms. The van der Waals surface area contributed by atoms with Gasteiger partial charge in [0.15, 0.2) is 11.9 Å². The van der Waals surface area contributed by atoms with Crippen molar-refractivity contribution < 1.29 is 42.1 Å². The number of carbonyl (C=O) groups excluding carboxylic acids is 2. The molecule has 0 fully saturated rings. The number of carbonyl (C=O) groups is 2. The van der Waals surface area contributed by atoms with E-state index in [0.29, 0.717) is 23.9 Å². The molecule has 0 saturated carbocycles. The minimum absolute atomic E-state index is 0.00546. The second-order valence-electron chi connectivity index (χ2n) is 15.1. The van der Waals surface area contributed by atoms with Gasteiger partial charge in [-0.3, -0.25) is 14.2 Å². The summed E-state index contributed by atoms with van der Waals surface area (Å²) in [6.07, 6.45) is 36.3. The minimum atomic E-state index is -4.57. The van der Waals surface area contributed by atoms with Crippen LogP contribution in [-0.2, 0) is 32.7 Å². The molecule has 0 aromatic heterocycles. The van der Waals surface area contributed by atoms with Crippen LogP contribution in [-0.4, -0.2) is 69.8 Å². The minimum Gasteiger partial charge on any atom is -0.756 e. The summed E-state index contributed by atoms with van der Waals surface area (Å²) < 4.78 is 34.2. The number of phosphoric ester groups is 1. The fourth-order valence-corrected chi connectivity index (χ4v) is 6.16. The monoisotopic (exact) mass is 756 g/mol. The number of likely N-dealkylation sites (N-methyl/N-ethyl adjacent to an activating group) is 1. The van der Waals surface area contributed by atoms with Crippen LogP contribution in [0.5, 0.6) is 0 Å². The van der Waals surface area contributed by atoms with Crippen molar-refractivity contribution in [3.05, 3.63) is 36.6 Å². The summed E-state index contributed by atoms with van der Waals surface area (Å²) in [6.45, 7) is 4.54. The number of hydrogen-bond acceptors (Lipinski definition) is 8. The summed E-state index contributed by atoms with van der Waals surface area (Å²) in [5.74, 6) is -0.287. The molecule has 0 heterocycles. The van der Waals surface area contributed by atoms with E-state index in [1.54, 1.807) is 12.3 Å². The Bertz CT molecular complexity index is 991. The molecular weight excluding hydrogens is 677 g/mol. The predicted octanol–water partition coefficient (Wildman–Crippen LogP) is 10.7. The molecule has 0 aromatic carbocycles. The summed E-state index contributed by atoms with van der Waals surface area (Å²) in [5.41, 5.74) is 0. The number of ketones is 1. The summed E-state index contributed by atoms with van der Waals surface area (Å²) in [4.78, 5) is 37.0. The van der Waals surface area contributed by atoms with Gasteiger partial charge in [-0.2, -0.15) is 0 Å². The third-order valence-corrected chi connectivity index (χ3v) is 9.70. The number of quaternary nitrogens is 1. The maximum absolute atomic E-state index is 12.6. The lowest BCUT2D eigenvalue weighted by Crippen LogP contribution is -2.37. The second kappa shape index (κ2) is 35.0. The van der Waals surface area contributed by atoms with Gasteiger partial charge < -0.3 is 27.9 Å². The molecule has 9 nitrogen and oxygen atoms in total. The van der Waals surface area contributed by atoms with E-state index in [1.165, 1.54) is 89.9 Å². The highest BCUT2D eigenvalue weighted by molar-refractivity contribution is 7.45. The van der Waals surface area contributed by atoms with Crippen LogP contribution in [0.25, 0.3) is 0 Å². The third-order valence-electron chi connectivity index (χ3n) is 8.73. The smallest absolute Gasteiger partial charge is 0.306 e. The predicted molar refractivity (Wildman–Crippen MR) is 213 cm³/mol. The van der Waals surface area contributed by atoms with E-state index in [2.05, 4.69) is 19.9 Å². The average molecular weight is 756 g/mol. The fourth-order valence-electron chi connectivity index (χ4n) is 5.43. The van der Waals surface area contributed by atoms with Gasteiger partial charge in [0.2, 0.25) is 0 Å². The molecule has 0 aliphatic heterocycles. The van der Waals surface area contributed by atoms with Crippen LogP contribution in [0, 0.1) is 0 Å². The molecular formula is C42H78NO8P. The molecule has 0 aromatic rings. The number of rotatable bonds is 38. The molecule has 0 aliphatic rings.